The number of nitrogens with zero attached hydrogens (tertiary/aromatic N) is 4. The molecule has 7 nitrogen and oxygen atoms in total. The number of piperazine rings is 1. The van der Waals surface area contributed by atoms with Crippen molar-refractivity contribution in [1.82, 2.24) is 14.9 Å². The monoisotopic (exact) mass is 436 g/mol. The first-order chi connectivity index (χ1) is 15.5. The molecular formula is C24H25FN4O3. The molecule has 4 rings (SSSR count). The van der Waals surface area contributed by atoms with Gasteiger partial charge < -0.3 is 19.3 Å². The molecule has 0 bridgehead atoms. The van der Waals surface area contributed by atoms with E-state index in [9.17, 15) is 9.18 Å². The van der Waals surface area contributed by atoms with Crippen molar-refractivity contribution in [2.75, 3.05) is 45.3 Å². The molecule has 1 fully saturated rings. The van der Waals surface area contributed by atoms with Gasteiger partial charge in [0.2, 0.25) is 0 Å². The molecule has 1 saturated heterocycles. The predicted octanol–water partition coefficient (Wildman–Crippen LogP) is 3.57. The Morgan fingerprint density at radius 3 is 2.44 bits per heavy atom. The topological polar surface area (TPSA) is 67.8 Å². The fourth-order valence-corrected chi connectivity index (χ4v) is 3.75. The van der Waals surface area contributed by atoms with Gasteiger partial charge in [0.15, 0.2) is 5.82 Å². The zero-order valence-corrected chi connectivity index (χ0v) is 18.3. The standard InChI is InChI=1S/C24H25FN4O3/c1-16-13-22(27-23(26-16)17-5-4-6-18(25)14-17)28-9-11-29(12-10-28)24(30)20-8-7-19(31-2)15-21(20)32-3/h4-8,13-15H,9-12H2,1-3H3. The third-order valence-electron chi connectivity index (χ3n) is 5.45. The van der Waals surface area contributed by atoms with Gasteiger partial charge in [-0.1, -0.05) is 12.1 Å². The van der Waals surface area contributed by atoms with Crippen LogP contribution in [-0.2, 0) is 0 Å². The number of halogens is 1. The van der Waals surface area contributed by atoms with Crippen molar-refractivity contribution < 1.29 is 18.7 Å². The summed E-state index contributed by atoms with van der Waals surface area (Å²) in [5.41, 5.74) is 1.94. The van der Waals surface area contributed by atoms with Gasteiger partial charge in [-0.25, -0.2) is 14.4 Å². The molecule has 32 heavy (non-hydrogen) atoms. The highest BCUT2D eigenvalue weighted by Crippen LogP contribution is 2.27. The Balaban J connectivity index is 1.49. The number of amides is 1. The molecule has 0 saturated carbocycles. The Kier molecular flexibility index (Phi) is 6.20. The van der Waals surface area contributed by atoms with Crippen LogP contribution in [0.2, 0.25) is 0 Å². The highest BCUT2D eigenvalue weighted by molar-refractivity contribution is 5.97. The van der Waals surface area contributed by atoms with E-state index in [0.717, 1.165) is 11.5 Å². The first-order valence-electron chi connectivity index (χ1n) is 10.4. The number of carbonyl (C=O) groups excluding carboxylic acids is 1. The Morgan fingerprint density at radius 2 is 1.75 bits per heavy atom. The van der Waals surface area contributed by atoms with Gasteiger partial charge in [-0.05, 0) is 31.2 Å². The van der Waals surface area contributed by atoms with E-state index in [1.54, 1.807) is 37.4 Å². The average Bonchev–Trinajstić information content (AvgIpc) is 2.83. The fraction of sp³-hybridized carbons (Fsp3) is 0.292. The van der Waals surface area contributed by atoms with Gasteiger partial charge in [0.1, 0.15) is 23.1 Å². The van der Waals surface area contributed by atoms with Crippen LogP contribution in [0.4, 0.5) is 10.2 Å². The summed E-state index contributed by atoms with van der Waals surface area (Å²) >= 11 is 0. The number of rotatable bonds is 5. The van der Waals surface area contributed by atoms with Crippen molar-refractivity contribution >= 4 is 11.7 Å². The largest absolute Gasteiger partial charge is 0.497 e. The molecular weight excluding hydrogens is 411 g/mol. The highest BCUT2D eigenvalue weighted by Gasteiger charge is 2.25. The summed E-state index contributed by atoms with van der Waals surface area (Å²) < 4.78 is 24.2. The lowest BCUT2D eigenvalue weighted by Crippen LogP contribution is -2.49. The van der Waals surface area contributed by atoms with Gasteiger partial charge in [0.25, 0.3) is 5.91 Å². The fourth-order valence-electron chi connectivity index (χ4n) is 3.75. The predicted molar refractivity (Wildman–Crippen MR) is 120 cm³/mol. The number of ether oxygens (including phenoxy) is 2. The lowest BCUT2D eigenvalue weighted by molar-refractivity contribution is 0.0743. The first kappa shape index (κ1) is 21.5. The molecule has 1 aliphatic heterocycles. The number of benzene rings is 2. The van der Waals surface area contributed by atoms with Crippen molar-refractivity contribution in [3.63, 3.8) is 0 Å². The zero-order valence-electron chi connectivity index (χ0n) is 18.3. The van der Waals surface area contributed by atoms with E-state index in [-0.39, 0.29) is 11.7 Å². The van der Waals surface area contributed by atoms with Crippen LogP contribution in [0.1, 0.15) is 16.1 Å². The molecule has 1 aliphatic rings. The Hall–Kier alpha value is -3.68. The van der Waals surface area contributed by atoms with Crippen LogP contribution in [0.3, 0.4) is 0 Å². The van der Waals surface area contributed by atoms with Gasteiger partial charge in [-0.15, -0.1) is 0 Å². The second kappa shape index (κ2) is 9.21. The number of carbonyl (C=O) groups is 1. The lowest BCUT2D eigenvalue weighted by Gasteiger charge is -2.35. The quantitative estimate of drug-likeness (QED) is 0.609. The molecule has 0 aliphatic carbocycles. The van der Waals surface area contributed by atoms with E-state index in [2.05, 4.69) is 14.9 Å². The molecule has 0 unspecified atom stereocenters. The summed E-state index contributed by atoms with van der Waals surface area (Å²) in [4.78, 5) is 26.1. The van der Waals surface area contributed by atoms with Crippen LogP contribution in [0.5, 0.6) is 11.5 Å². The van der Waals surface area contributed by atoms with E-state index in [4.69, 9.17) is 9.47 Å². The summed E-state index contributed by atoms with van der Waals surface area (Å²) in [7, 11) is 3.11. The number of aryl methyl sites for hydroxylation is 1. The number of methoxy groups -OCH3 is 2. The summed E-state index contributed by atoms with van der Waals surface area (Å²) in [6.45, 7) is 4.24. The summed E-state index contributed by atoms with van der Waals surface area (Å²) in [6.07, 6.45) is 0. The minimum absolute atomic E-state index is 0.0801. The second-order valence-electron chi connectivity index (χ2n) is 7.55. The van der Waals surface area contributed by atoms with E-state index in [1.807, 2.05) is 17.9 Å². The van der Waals surface area contributed by atoms with Crippen LogP contribution < -0.4 is 14.4 Å². The van der Waals surface area contributed by atoms with Crippen LogP contribution in [-0.4, -0.2) is 61.2 Å². The lowest BCUT2D eigenvalue weighted by atomic mass is 10.1. The van der Waals surface area contributed by atoms with Gasteiger partial charge in [-0.3, -0.25) is 4.79 Å². The maximum Gasteiger partial charge on any atom is 0.257 e. The van der Waals surface area contributed by atoms with Crippen molar-refractivity contribution in [3.8, 4) is 22.9 Å². The molecule has 1 amide bonds. The molecule has 3 aromatic rings. The summed E-state index contributed by atoms with van der Waals surface area (Å²) in [5, 5.41) is 0. The third-order valence-corrected chi connectivity index (χ3v) is 5.45. The molecule has 0 spiro atoms. The molecule has 0 N–H and O–H groups in total. The maximum atomic E-state index is 13.6. The number of hydrogen-bond donors (Lipinski definition) is 0. The Labute approximate surface area is 186 Å². The molecule has 1 aromatic heterocycles. The SMILES string of the molecule is COc1ccc(C(=O)N2CCN(c3cc(C)nc(-c4cccc(F)c4)n3)CC2)c(OC)c1. The number of anilines is 1. The van der Waals surface area contributed by atoms with E-state index < -0.39 is 0 Å². The van der Waals surface area contributed by atoms with Crippen LogP contribution >= 0.6 is 0 Å². The molecule has 0 atom stereocenters. The normalized spacial score (nSPS) is 13.8. The van der Waals surface area contributed by atoms with Crippen molar-refractivity contribution in [3.05, 3.63) is 65.6 Å². The van der Waals surface area contributed by atoms with E-state index >= 15 is 0 Å². The van der Waals surface area contributed by atoms with Crippen molar-refractivity contribution in [2.45, 2.75) is 6.92 Å². The maximum absolute atomic E-state index is 13.6. The first-order valence-corrected chi connectivity index (χ1v) is 10.4. The Bertz CT molecular complexity index is 1130. The third kappa shape index (κ3) is 4.49. The second-order valence-corrected chi connectivity index (χ2v) is 7.55. The minimum Gasteiger partial charge on any atom is -0.497 e. The summed E-state index contributed by atoms with van der Waals surface area (Å²) in [6, 6.07) is 13.4. The molecule has 2 aromatic carbocycles. The molecule has 0 radical (unpaired) electrons. The molecule has 2 heterocycles. The number of hydrogen-bond acceptors (Lipinski definition) is 6. The zero-order chi connectivity index (χ0) is 22.7. The van der Waals surface area contributed by atoms with Crippen LogP contribution in [0, 0.1) is 12.7 Å². The highest BCUT2D eigenvalue weighted by atomic mass is 19.1. The van der Waals surface area contributed by atoms with E-state index in [1.165, 1.54) is 19.2 Å². The molecule has 166 valence electrons. The Morgan fingerprint density at radius 1 is 0.969 bits per heavy atom. The smallest absolute Gasteiger partial charge is 0.257 e. The van der Waals surface area contributed by atoms with Gasteiger partial charge in [0.05, 0.1) is 19.8 Å². The van der Waals surface area contributed by atoms with Crippen LogP contribution in [0.15, 0.2) is 48.5 Å². The van der Waals surface area contributed by atoms with Crippen molar-refractivity contribution in [2.24, 2.45) is 0 Å². The van der Waals surface area contributed by atoms with E-state index in [0.29, 0.717) is 54.6 Å². The number of aromatic nitrogens is 2. The van der Waals surface area contributed by atoms with Gasteiger partial charge in [0, 0.05) is 49.6 Å². The summed E-state index contributed by atoms with van der Waals surface area (Å²) in [5.74, 6) is 1.98. The van der Waals surface area contributed by atoms with Gasteiger partial charge in [-0.2, -0.15) is 0 Å². The average molecular weight is 436 g/mol. The van der Waals surface area contributed by atoms with Gasteiger partial charge >= 0.3 is 0 Å². The van der Waals surface area contributed by atoms with Crippen LogP contribution in [0.25, 0.3) is 11.4 Å². The minimum atomic E-state index is -0.324. The van der Waals surface area contributed by atoms with Crippen molar-refractivity contribution in [1.29, 1.82) is 0 Å². The molecule has 8 heteroatoms.